The number of hydrogen-bond acceptors (Lipinski definition) is 9. The second kappa shape index (κ2) is 31.9. The fourth-order valence-corrected chi connectivity index (χ4v) is 18.6. The van der Waals surface area contributed by atoms with Crippen molar-refractivity contribution < 1.29 is 34.5 Å². The normalized spacial score (nSPS) is 23.9. The summed E-state index contributed by atoms with van der Waals surface area (Å²) in [6, 6.07) is 23.1. The molecule has 0 radical (unpaired) electrons. The number of nitrogens with one attached hydrogen (secondary N) is 1. The average Bonchev–Trinajstić information content (AvgIpc) is 0.845. The first-order chi connectivity index (χ1) is 46.5. The van der Waals surface area contributed by atoms with Gasteiger partial charge >= 0.3 is 6.09 Å². The third-order valence-corrected chi connectivity index (χ3v) is 24.8. The number of piperidine rings is 4. The molecule has 6 fully saturated rings. The monoisotopic (exact) mass is 1350 g/mol. The maximum absolute atomic E-state index is 14.3. The molecule has 5 amide bonds. The Hall–Kier alpha value is -5.38. The lowest BCUT2D eigenvalue weighted by Crippen LogP contribution is -2.52. The summed E-state index contributed by atoms with van der Waals surface area (Å²) in [7, 11) is 1.42. The standard InChI is InChI=1S/C30H47N3O3.C29H45N3O2.C24H35FN2O.H2/c1-6-33(27(34)23-12-18-32(19-13-23)28(35)36-5)26-11-14-30(25-10-8-7-9-24(25)26)16-21-31(22-17-30)20-15-29(2,3)4;1-21(2)26(32-17-8-11-25(32)33)27(34)30-24-12-13-29(23-10-7-6-9-22(23)24)15-19-31(20-16-29)18-14-28(3,4)5;1-23(2,3)10-14-26-15-11-24(12-16-26)9-8-21(27-13-4-5-22(27)28)19-7-6-18(25)17-20(19)24;/h7-10,23,26H,6,11-22H2,1-5H3;6-7,9-10,21,24,26H,8,11-20H2,1-5H3,(H,30,34);6-7,17,21H,4-5,8-16H2,1-3H3;1H/t26-;24-,26-;21-;/m001./s1. The first kappa shape index (κ1) is 75.3. The first-order valence-electron chi connectivity index (χ1n) is 38.7. The lowest BCUT2D eigenvalue weighted by Gasteiger charge is -2.49. The molecule has 3 spiro atoms. The highest BCUT2D eigenvalue weighted by molar-refractivity contribution is 5.89. The average molecular weight is 1350 g/mol. The van der Waals surface area contributed by atoms with Gasteiger partial charge in [-0.3, -0.25) is 19.2 Å². The van der Waals surface area contributed by atoms with E-state index in [9.17, 15) is 28.4 Å². The molecule has 3 aromatic rings. The number of halogens is 1. The number of carbonyl (C=O) groups is 5. The van der Waals surface area contributed by atoms with E-state index in [0.717, 1.165) is 110 Å². The molecule has 3 aliphatic carbocycles. The largest absolute Gasteiger partial charge is 0.453 e. The second-order valence-corrected chi connectivity index (χ2v) is 35.3. The minimum absolute atomic E-state index is 0. The summed E-state index contributed by atoms with van der Waals surface area (Å²) in [4.78, 5) is 79.4. The van der Waals surface area contributed by atoms with E-state index in [0.29, 0.717) is 61.6 Å². The Morgan fingerprint density at radius 3 is 1.54 bits per heavy atom. The van der Waals surface area contributed by atoms with Gasteiger partial charge in [-0.1, -0.05) is 131 Å². The molecule has 14 nitrogen and oxygen atoms in total. The zero-order chi connectivity index (χ0) is 70.4. The molecule has 98 heavy (non-hydrogen) atoms. The quantitative estimate of drug-likeness (QED) is 0.168. The highest BCUT2D eigenvalue weighted by Crippen LogP contribution is 2.53. The lowest BCUT2D eigenvalue weighted by molar-refractivity contribution is -0.140. The second-order valence-electron chi connectivity index (χ2n) is 35.3. The predicted octanol–water partition coefficient (Wildman–Crippen LogP) is 16.0. The Kier molecular flexibility index (Phi) is 24.5. The number of methoxy groups -OCH3 is 1. The van der Waals surface area contributed by atoms with Crippen LogP contribution in [-0.4, -0.2) is 169 Å². The van der Waals surface area contributed by atoms with Gasteiger partial charge in [0.1, 0.15) is 11.9 Å². The number of carbonyl (C=O) groups excluding carboxylic acids is 5. The molecule has 9 aliphatic rings. The molecule has 0 aromatic heterocycles. The number of hydrogen-bond donors (Lipinski definition) is 1. The van der Waals surface area contributed by atoms with E-state index < -0.39 is 0 Å². The Morgan fingerprint density at radius 2 is 1.06 bits per heavy atom. The van der Waals surface area contributed by atoms with Crippen LogP contribution in [0.25, 0.3) is 0 Å². The number of benzene rings is 3. The van der Waals surface area contributed by atoms with E-state index in [4.69, 9.17) is 4.74 Å². The van der Waals surface area contributed by atoms with Crippen molar-refractivity contribution in [2.45, 2.75) is 258 Å². The van der Waals surface area contributed by atoms with Crippen LogP contribution >= 0.6 is 0 Å². The van der Waals surface area contributed by atoms with Gasteiger partial charge in [0.25, 0.3) is 0 Å². The molecule has 1 N–H and O–H groups in total. The molecule has 6 heterocycles. The van der Waals surface area contributed by atoms with Gasteiger partial charge in [-0.2, -0.15) is 0 Å². The highest BCUT2D eigenvalue weighted by atomic mass is 19.1. The Morgan fingerprint density at radius 1 is 0.582 bits per heavy atom. The fourth-order valence-electron chi connectivity index (χ4n) is 18.6. The molecule has 15 heteroatoms. The van der Waals surface area contributed by atoms with Crippen LogP contribution in [0.2, 0.25) is 0 Å². The van der Waals surface area contributed by atoms with Crippen LogP contribution in [0.1, 0.15) is 271 Å². The first-order valence-corrected chi connectivity index (χ1v) is 38.7. The van der Waals surface area contributed by atoms with Crippen LogP contribution in [0.15, 0.2) is 66.7 Å². The summed E-state index contributed by atoms with van der Waals surface area (Å²) in [5, 5.41) is 3.38. The molecule has 3 aromatic carbocycles. The van der Waals surface area contributed by atoms with Crippen molar-refractivity contribution in [3.05, 3.63) is 106 Å². The van der Waals surface area contributed by atoms with Gasteiger partial charge in [0, 0.05) is 52.9 Å². The molecule has 4 atom stereocenters. The van der Waals surface area contributed by atoms with Crippen molar-refractivity contribution >= 4 is 29.7 Å². The summed E-state index contributed by atoms with van der Waals surface area (Å²) in [5.74, 6) is 0.613. The van der Waals surface area contributed by atoms with E-state index >= 15 is 0 Å². The maximum atomic E-state index is 14.3. The third kappa shape index (κ3) is 17.9. The zero-order valence-electron chi connectivity index (χ0n) is 63.0. The summed E-state index contributed by atoms with van der Waals surface area (Å²) in [6.07, 6.45) is 21.3. The number of ether oxygens (including phenoxy) is 1. The van der Waals surface area contributed by atoms with Crippen LogP contribution in [-0.2, 0) is 40.2 Å². The van der Waals surface area contributed by atoms with Gasteiger partial charge in [0.15, 0.2) is 0 Å². The molecule has 0 unspecified atom stereocenters. The number of nitrogens with zero attached hydrogens (tertiary/aromatic N) is 7. The Labute approximate surface area is 592 Å². The van der Waals surface area contributed by atoms with Crippen molar-refractivity contribution in [3.63, 3.8) is 0 Å². The summed E-state index contributed by atoms with van der Waals surface area (Å²) < 4.78 is 19.1. The van der Waals surface area contributed by atoms with Crippen molar-refractivity contribution in [2.24, 2.45) is 28.1 Å². The van der Waals surface area contributed by atoms with Crippen LogP contribution in [0.3, 0.4) is 0 Å². The molecular weight excluding hydrogens is 1220 g/mol. The molecule has 12 rings (SSSR count). The van der Waals surface area contributed by atoms with Gasteiger partial charge in [-0.05, 0) is 272 Å². The van der Waals surface area contributed by atoms with Crippen LogP contribution in [0.4, 0.5) is 9.18 Å². The smallest absolute Gasteiger partial charge is 0.409 e. The van der Waals surface area contributed by atoms with Crippen LogP contribution in [0.5, 0.6) is 0 Å². The van der Waals surface area contributed by atoms with Gasteiger partial charge in [0.2, 0.25) is 23.6 Å². The minimum Gasteiger partial charge on any atom is -0.453 e. The number of likely N-dealkylation sites (tertiary alicyclic amines) is 6. The third-order valence-electron chi connectivity index (χ3n) is 24.8. The lowest BCUT2D eigenvalue weighted by atomic mass is 9.63. The molecule has 6 saturated heterocycles. The van der Waals surface area contributed by atoms with Crippen molar-refractivity contribution in [1.29, 1.82) is 0 Å². The van der Waals surface area contributed by atoms with Crippen molar-refractivity contribution in [1.82, 2.24) is 39.6 Å². The van der Waals surface area contributed by atoms with Gasteiger partial charge < -0.3 is 44.4 Å². The van der Waals surface area contributed by atoms with Gasteiger partial charge in [-0.15, -0.1) is 0 Å². The summed E-state index contributed by atoms with van der Waals surface area (Å²) in [5.41, 5.74) is 9.71. The van der Waals surface area contributed by atoms with Crippen molar-refractivity contribution in [3.8, 4) is 0 Å². The molecule has 0 bridgehead atoms. The van der Waals surface area contributed by atoms with Gasteiger partial charge in [-0.25, -0.2) is 9.18 Å². The number of rotatable bonds is 14. The summed E-state index contributed by atoms with van der Waals surface area (Å²) in [6.45, 7) is 41.0. The highest BCUT2D eigenvalue weighted by Gasteiger charge is 2.48. The maximum Gasteiger partial charge on any atom is 0.409 e. The molecule has 0 saturated carbocycles. The van der Waals surface area contributed by atoms with E-state index in [-0.39, 0.29) is 89.2 Å². The van der Waals surface area contributed by atoms with E-state index in [2.05, 4.69) is 148 Å². The minimum atomic E-state index is -0.371. The number of fused-ring (bicyclic) bond motifs is 6. The zero-order valence-corrected chi connectivity index (χ0v) is 63.0. The van der Waals surface area contributed by atoms with Crippen LogP contribution < -0.4 is 5.32 Å². The SMILES string of the molecule is CC(C)(C)CCN1CCC2(CC[C@@H](N3CCCC3=O)c3ccc(F)cc32)CC1.CC(C)[C@@H](C(=O)N[C@H]1CCC2(CCN(CCC(C)(C)C)CC2)c2ccccc21)N1CCCC1=O.CCN(C(=O)C1CCN(C(=O)OC)CC1)[C@H]1CCC2(CCN(CCC(C)(C)C)CC2)c2ccccc21.[HH]. The molecular formula is C83H129FN8O6. The topological polar surface area (TPSA) is 129 Å². The molecule has 6 aliphatic heterocycles. The fraction of sp³-hybridized carbons (Fsp3) is 0.723. The van der Waals surface area contributed by atoms with Gasteiger partial charge in [0.05, 0.1) is 25.2 Å². The summed E-state index contributed by atoms with van der Waals surface area (Å²) >= 11 is 0. The van der Waals surface area contributed by atoms with E-state index in [1.165, 1.54) is 112 Å². The Balaban J connectivity index is 0.000000174. The number of amides is 5. The van der Waals surface area contributed by atoms with Crippen LogP contribution in [0, 0.1) is 33.9 Å². The predicted molar refractivity (Wildman–Crippen MR) is 394 cm³/mol. The Bertz CT molecular complexity index is 3190. The molecule has 544 valence electrons. The van der Waals surface area contributed by atoms with E-state index in [1.54, 1.807) is 17.0 Å². The van der Waals surface area contributed by atoms with Crippen molar-refractivity contribution in [2.75, 3.05) is 98.7 Å². The van der Waals surface area contributed by atoms with E-state index in [1.807, 2.05) is 24.8 Å².